The van der Waals surface area contributed by atoms with Crippen LogP contribution in [0.5, 0.6) is 23.0 Å². The average Bonchev–Trinajstić information content (AvgIpc) is 2.97. The van der Waals surface area contributed by atoms with Crippen molar-refractivity contribution in [3.63, 3.8) is 0 Å². The third-order valence-corrected chi connectivity index (χ3v) is 6.82. The van der Waals surface area contributed by atoms with Crippen molar-refractivity contribution in [1.82, 2.24) is 0 Å². The SMILES string of the molecule is C=CC(=O)Oc1ccc(-c2ccc(-c3cc(I=C)c(OC(=O)C=C)cc3OC(=O)C=C)cc2)c(OC(=O)C=C)c1. The summed E-state index contributed by atoms with van der Waals surface area (Å²) in [5, 5.41) is 0. The number of ether oxygens (including phenoxy) is 4. The Bertz CT molecular complexity index is 1550. The Morgan fingerprint density at radius 3 is 1.50 bits per heavy atom. The molecule has 0 spiro atoms. The van der Waals surface area contributed by atoms with Gasteiger partial charge in [-0.1, -0.05) is 75.8 Å². The zero-order valence-corrected chi connectivity index (χ0v) is 23.3. The molecule has 0 radical (unpaired) electrons. The topological polar surface area (TPSA) is 105 Å². The molecule has 3 aromatic rings. The van der Waals surface area contributed by atoms with Crippen molar-refractivity contribution < 1.29 is 38.1 Å². The van der Waals surface area contributed by atoms with Crippen LogP contribution in [0.2, 0.25) is 0 Å². The summed E-state index contributed by atoms with van der Waals surface area (Å²) in [6.07, 6.45) is 4.08. The molecule has 0 aromatic heterocycles. The summed E-state index contributed by atoms with van der Waals surface area (Å²) >= 11 is -0.786. The van der Waals surface area contributed by atoms with Gasteiger partial charge in [-0.05, 0) is 29.3 Å². The molecule has 9 heteroatoms. The van der Waals surface area contributed by atoms with E-state index in [2.05, 4.69) is 30.8 Å². The van der Waals surface area contributed by atoms with Crippen LogP contribution in [0.4, 0.5) is 0 Å². The van der Waals surface area contributed by atoms with E-state index >= 15 is 0 Å². The first kappa shape index (κ1) is 29.7. The van der Waals surface area contributed by atoms with E-state index in [0.717, 1.165) is 24.3 Å². The van der Waals surface area contributed by atoms with E-state index in [1.165, 1.54) is 12.1 Å². The van der Waals surface area contributed by atoms with Gasteiger partial charge in [-0.2, -0.15) is 0 Å². The van der Waals surface area contributed by atoms with E-state index in [0.29, 0.717) is 25.8 Å². The van der Waals surface area contributed by atoms with Crippen LogP contribution in [0.3, 0.4) is 0 Å². The summed E-state index contributed by atoms with van der Waals surface area (Å²) in [5.74, 6) is -2.03. The average molecular weight is 650 g/mol. The van der Waals surface area contributed by atoms with Crippen molar-refractivity contribution in [2.75, 3.05) is 0 Å². The van der Waals surface area contributed by atoms with Crippen LogP contribution >= 0.6 is 20.7 Å². The molecule has 3 rings (SSSR count). The molecule has 0 unspecified atom stereocenters. The third kappa shape index (κ3) is 7.35. The minimum absolute atomic E-state index is 0.144. The zero-order valence-electron chi connectivity index (χ0n) is 21.2. The van der Waals surface area contributed by atoms with Crippen LogP contribution in [0.15, 0.2) is 105 Å². The maximum absolute atomic E-state index is 12.1. The van der Waals surface area contributed by atoms with E-state index < -0.39 is 44.6 Å². The number of hydrogen-bond acceptors (Lipinski definition) is 8. The Morgan fingerprint density at radius 2 is 1.00 bits per heavy atom. The Hall–Kier alpha value is -4.90. The lowest BCUT2D eigenvalue weighted by atomic mass is 9.99. The maximum atomic E-state index is 12.1. The van der Waals surface area contributed by atoms with Gasteiger partial charge in [0.1, 0.15) is 23.0 Å². The number of carbonyl (C=O) groups is 4. The van der Waals surface area contributed by atoms with Gasteiger partial charge in [-0.15, -0.1) is 0 Å². The molecular formula is C31H23IO8. The van der Waals surface area contributed by atoms with Gasteiger partial charge in [0.2, 0.25) is 0 Å². The minimum Gasteiger partial charge on any atom is -0.423 e. The van der Waals surface area contributed by atoms with Crippen molar-refractivity contribution in [2.24, 2.45) is 0 Å². The lowest BCUT2D eigenvalue weighted by Crippen LogP contribution is -2.08. The van der Waals surface area contributed by atoms with Gasteiger partial charge in [0.25, 0.3) is 0 Å². The quantitative estimate of drug-likeness (QED) is 0.108. The number of esters is 4. The molecule has 0 saturated carbocycles. The molecule has 3 aromatic carbocycles. The second-order valence-electron chi connectivity index (χ2n) is 7.65. The molecule has 40 heavy (non-hydrogen) atoms. The molecule has 0 N–H and O–H groups in total. The molecule has 0 aliphatic rings. The van der Waals surface area contributed by atoms with Gasteiger partial charge in [0.05, 0.1) is 3.57 Å². The number of benzene rings is 3. The van der Waals surface area contributed by atoms with Gasteiger partial charge in [-0.3, -0.25) is 0 Å². The van der Waals surface area contributed by atoms with Crippen LogP contribution in [0.1, 0.15) is 0 Å². The fourth-order valence-electron chi connectivity index (χ4n) is 3.35. The van der Waals surface area contributed by atoms with Crippen LogP contribution in [0.25, 0.3) is 22.3 Å². The summed E-state index contributed by atoms with van der Waals surface area (Å²) in [4.78, 5) is 47.5. The van der Waals surface area contributed by atoms with E-state index in [-0.39, 0.29) is 23.0 Å². The molecule has 0 aliphatic carbocycles. The highest BCUT2D eigenvalue weighted by molar-refractivity contribution is 14.2. The van der Waals surface area contributed by atoms with E-state index in [9.17, 15) is 19.2 Å². The summed E-state index contributed by atoms with van der Waals surface area (Å²) < 4.78 is 26.0. The lowest BCUT2D eigenvalue weighted by Gasteiger charge is -2.15. The Morgan fingerprint density at radius 1 is 0.550 bits per heavy atom. The molecule has 0 atom stereocenters. The predicted octanol–water partition coefficient (Wildman–Crippen LogP) is 5.96. The number of carbonyl (C=O) groups excluding carboxylic acids is 4. The fourth-order valence-corrected chi connectivity index (χ4v) is 4.53. The number of halogens is 1. The summed E-state index contributed by atoms with van der Waals surface area (Å²) in [5.41, 5.74) is 2.44. The highest BCUT2D eigenvalue weighted by Gasteiger charge is 2.18. The standard InChI is InChI=1S/C31H23IO8/c1-6-28(33)37-21-14-15-22(25(16-21)38-29(34)7-2)19-10-12-20(13-11-19)23-17-24(32-5)27(40-31(36)9-4)18-26(23)39-30(35)8-3/h6-18H,1-5H2. The van der Waals surface area contributed by atoms with Crippen molar-refractivity contribution in [1.29, 1.82) is 0 Å². The maximum Gasteiger partial charge on any atom is 0.335 e. The van der Waals surface area contributed by atoms with E-state index in [4.69, 9.17) is 18.9 Å². The molecule has 0 saturated heterocycles. The highest BCUT2D eigenvalue weighted by Crippen LogP contribution is 2.40. The second-order valence-corrected chi connectivity index (χ2v) is 9.57. The summed E-state index contributed by atoms with van der Waals surface area (Å²) in [7, 11) is 0. The molecule has 202 valence electrons. The Kier molecular flexibility index (Phi) is 10.2. The molecule has 8 nitrogen and oxygen atoms in total. The van der Waals surface area contributed by atoms with E-state index in [1.807, 2.05) is 0 Å². The van der Waals surface area contributed by atoms with Crippen molar-refractivity contribution in [3.8, 4) is 45.3 Å². The van der Waals surface area contributed by atoms with Gasteiger partial charge in [-0.25, -0.2) is 19.2 Å². The smallest absolute Gasteiger partial charge is 0.335 e. The summed E-state index contributed by atoms with van der Waals surface area (Å²) in [6.45, 7) is 13.6. The van der Waals surface area contributed by atoms with Gasteiger partial charge < -0.3 is 18.9 Å². The fraction of sp³-hybridized carbons (Fsp3) is 0. The van der Waals surface area contributed by atoms with Crippen LogP contribution in [0, 0.1) is 3.57 Å². The molecular weight excluding hydrogens is 627 g/mol. The van der Waals surface area contributed by atoms with Crippen molar-refractivity contribution in [3.05, 3.63) is 109 Å². The number of rotatable bonds is 11. The zero-order chi connectivity index (χ0) is 29.2. The molecule has 0 amide bonds. The Labute approximate surface area is 240 Å². The lowest BCUT2D eigenvalue weighted by molar-refractivity contribution is -0.130. The monoisotopic (exact) mass is 650 g/mol. The molecule has 0 fully saturated rings. The van der Waals surface area contributed by atoms with Crippen molar-refractivity contribution in [2.45, 2.75) is 0 Å². The molecule has 0 bridgehead atoms. The van der Waals surface area contributed by atoms with Crippen LogP contribution in [-0.2, 0) is 19.2 Å². The minimum atomic E-state index is -0.786. The number of hydrogen-bond donors (Lipinski definition) is 0. The van der Waals surface area contributed by atoms with Crippen LogP contribution < -0.4 is 18.9 Å². The first-order chi connectivity index (χ1) is 19.2. The predicted molar refractivity (Wildman–Crippen MR) is 160 cm³/mol. The van der Waals surface area contributed by atoms with Gasteiger partial charge in [0, 0.05) is 47.6 Å². The first-order valence-corrected chi connectivity index (χ1v) is 14.0. The van der Waals surface area contributed by atoms with Gasteiger partial charge >= 0.3 is 23.9 Å². The molecule has 0 heterocycles. The van der Waals surface area contributed by atoms with Crippen LogP contribution in [-0.4, -0.2) is 28.4 Å². The first-order valence-electron chi connectivity index (χ1n) is 11.4. The third-order valence-electron chi connectivity index (χ3n) is 5.15. The van der Waals surface area contributed by atoms with E-state index in [1.54, 1.807) is 42.5 Å². The summed E-state index contributed by atoms with van der Waals surface area (Å²) in [6, 6.07) is 14.9. The Balaban J connectivity index is 2.09. The largest absolute Gasteiger partial charge is 0.423 e. The van der Waals surface area contributed by atoms with Gasteiger partial charge in [0.15, 0.2) is 0 Å². The normalized spacial score (nSPS) is 10.0. The highest BCUT2D eigenvalue weighted by atomic mass is 127. The molecule has 0 aliphatic heterocycles. The second kappa shape index (κ2) is 13.8. The van der Waals surface area contributed by atoms with Crippen molar-refractivity contribution >= 4 is 49.1 Å².